The molecule has 0 aliphatic carbocycles. The van der Waals surface area contributed by atoms with Crippen molar-refractivity contribution in [2.75, 3.05) is 24.5 Å². The van der Waals surface area contributed by atoms with Crippen molar-refractivity contribution in [3.05, 3.63) is 46.9 Å². The Balaban J connectivity index is 1.60. The lowest BCUT2D eigenvalue weighted by Crippen LogP contribution is -2.39. The quantitative estimate of drug-likeness (QED) is 0.820. The molecule has 0 radical (unpaired) electrons. The number of anilines is 1. The van der Waals surface area contributed by atoms with E-state index in [4.69, 9.17) is 16.9 Å². The second-order valence-corrected chi connectivity index (χ2v) is 8.63. The van der Waals surface area contributed by atoms with E-state index >= 15 is 0 Å². The van der Waals surface area contributed by atoms with Crippen molar-refractivity contribution in [1.29, 1.82) is 5.26 Å². The molecule has 0 bridgehead atoms. The summed E-state index contributed by atoms with van der Waals surface area (Å²) >= 11 is 6.04. The molecule has 0 unspecified atom stereocenters. The summed E-state index contributed by atoms with van der Waals surface area (Å²) in [5, 5.41) is 9.59. The van der Waals surface area contributed by atoms with Gasteiger partial charge in [0.25, 0.3) is 0 Å². The third-order valence-electron chi connectivity index (χ3n) is 4.77. The molecular weight excluding hydrogens is 386 g/mol. The summed E-state index contributed by atoms with van der Waals surface area (Å²) in [6, 6.07) is 6.93. The number of aromatic nitrogens is 2. The smallest absolute Gasteiger partial charge is 0.240 e. The van der Waals surface area contributed by atoms with Crippen molar-refractivity contribution < 1.29 is 8.42 Å². The molecule has 1 aliphatic rings. The minimum atomic E-state index is -3.60. The topological polar surface area (TPSA) is 99.0 Å². The van der Waals surface area contributed by atoms with Crippen LogP contribution in [0.1, 0.15) is 24.1 Å². The van der Waals surface area contributed by atoms with Crippen LogP contribution in [0, 0.1) is 24.2 Å². The summed E-state index contributed by atoms with van der Waals surface area (Å²) in [5.41, 5.74) is 0.862. The fraction of sp³-hybridized carbons (Fsp3) is 0.389. The maximum absolute atomic E-state index is 12.6. The second-order valence-electron chi connectivity index (χ2n) is 6.49. The Bertz CT molecular complexity index is 966. The molecule has 1 aliphatic heterocycles. The Morgan fingerprint density at radius 1 is 1.30 bits per heavy atom. The van der Waals surface area contributed by atoms with Crippen molar-refractivity contribution in [2.24, 2.45) is 5.92 Å². The molecule has 0 atom stereocenters. The number of sulfonamides is 1. The average molecular weight is 406 g/mol. The molecule has 1 saturated heterocycles. The highest BCUT2D eigenvalue weighted by Crippen LogP contribution is 2.25. The van der Waals surface area contributed by atoms with E-state index in [-0.39, 0.29) is 10.8 Å². The molecule has 142 valence electrons. The van der Waals surface area contributed by atoms with Gasteiger partial charge >= 0.3 is 0 Å². The predicted molar refractivity (Wildman–Crippen MR) is 103 cm³/mol. The van der Waals surface area contributed by atoms with E-state index in [1.54, 1.807) is 31.3 Å². The molecule has 7 nitrogen and oxygen atoms in total. The number of hydrogen-bond donors (Lipinski definition) is 1. The lowest BCUT2D eigenvalue weighted by atomic mass is 9.97. The van der Waals surface area contributed by atoms with Gasteiger partial charge in [-0.3, -0.25) is 0 Å². The van der Waals surface area contributed by atoms with Gasteiger partial charge in [-0.15, -0.1) is 0 Å². The Hall–Kier alpha value is -2.21. The first-order valence-electron chi connectivity index (χ1n) is 8.63. The van der Waals surface area contributed by atoms with E-state index < -0.39 is 10.0 Å². The van der Waals surface area contributed by atoms with E-state index in [1.807, 2.05) is 4.90 Å². The zero-order valence-corrected chi connectivity index (χ0v) is 16.5. The van der Waals surface area contributed by atoms with Crippen molar-refractivity contribution in [3.63, 3.8) is 0 Å². The Morgan fingerprint density at radius 3 is 2.70 bits per heavy atom. The van der Waals surface area contributed by atoms with Gasteiger partial charge in [0.2, 0.25) is 10.0 Å². The second kappa shape index (κ2) is 8.21. The Labute approximate surface area is 164 Å². The van der Waals surface area contributed by atoms with E-state index in [0.29, 0.717) is 41.7 Å². The van der Waals surface area contributed by atoms with Gasteiger partial charge in [-0.1, -0.05) is 17.7 Å². The molecule has 1 aromatic carbocycles. The van der Waals surface area contributed by atoms with Crippen LogP contribution in [0.5, 0.6) is 0 Å². The molecule has 0 saturated carbocycles. The first-order chi connectivity index (χ1) is 12.9. The highest BCUT2D eigenvalue weighted by molar-refractivity contribution is 7.89. The third-order valence-corrected chi connectivity index (χ3v) is 6.75. The third kappa shape index (κ3) is 4.38. The van der Waals surface area contributed by atoms with E-state index in [9.17, 15) is 8.42 Å². The number of hydrogen-bond acceptors (Lipinski definition) is 6. The molecule has 1 fully saturated rings. The van der Waals surface area contributed by atoms with Gasteiger partial charge in [0, 0.05) is 37.1 Å². The van der Waals surface area contributed by atoms with Crippen molar-refractivity contribution in [2.45, 2.75) is 24.7 Å². The minimum Gasteiger partial charge on any atom is -0.354 e. The molecule has 0 spiro atoms. The number of benzene rings is 1. The Kier molecular flexibility index (Phi) is 5.95. The van der Waals surface area contributed by atoms with Crippen LogP contribution in [-0.4, -0.2) is 38.0 Å². The van der Waals surface area contributed by atoms with Crippen LogP contribution < -0.4 is 9.62 Å². The fourth-order valence-corrected chi connectivity index (χ4v) is 4.79. The van der Waals surface area contributed by atoms with Gasteiger partial charge in [0.05, 0.1) is 4.90 Å². The van der Waals surface area contributed by atoms with Crippen LogP contribution in [-0.2, 0) is 10.0 Å². The van der Waals surface area contributed by atoms with Crippen LogP contribution in [0.2, 0.25) is 5.02 Å². The number of halogens is 1. The van der Waals surface area contributed by atoms with Crippen molar-refractivity contribution in [3.8, 4) is 6.07 Å². The van der Waals surface area contributed by atoms with Crippen molar-refractivity contribution in [1.82, 2.24) is 14.7 Å². The predicted octanol–water partition coefficient (Wildman–Crippen LogP) is 2.51. The maximum Gasteiger partial charge on any atom is 0.240 e. The van der Waals surface area contributed by atoms with Gasteiger partial charge in [-0.2, -0.15) is 5.26 Å². The minimum absolute atomic E-state index is 0.214. The normalized spacial score (nSPS) is 15.5. The van der Waals surface area contributed by atoms with Crippen LogP contribution >= 0.6 is 11.6 Å². The lowest BCUT2D eigenvalue weighted by molar-refractivity contribution is 0.400. The number of piperidine rings is 1. The lowest BCUT2D eigenvalue weighted by Gasteiger charge is -2.32. The van der Waals surface area contributed by atoms with Gasteiger partial charge < -0.3 is 4.90 Å². The average Bonchev–Trinajstić information content (AvgIpc) is 2.69. The summed E-state index contributed by atoms with van der Waals surface area (Å²) in [7, 11) is -3.60. The van der Waals surface area contributed by atoms with E-state index in [0.717, 1.165) is 12.8 Å². The summed E-state index contributed by atoms with van der Waals surface area (Å²) < 4.78 is 27.9. The molecule has 3 rings (SSSR count). The summed E-state index contributed by atoms with van der Waals surface area (Å²) in [5.74, 6) is 0.811. The van der Waals surface area contributed by atoms with Crippen molar-refractivity contribution >= 4 is 27.4 Å². The summed E-state index contributed by atoms with van der Waals surface area (Å²) in [4.78, 5) is 10.5. The molecule has 27 heavy (non-hydrogen) atoms. The van der Waals surface area contributed by atoms with E-state index in [2.05, 4.69) is 20.8 Å². The fourth-order valence-electron chi connectivity index (χ4n) is 3.17. The monoisotopic (exact) mass is 405 g/mol. The number of nitrogens with one attached hydrogen (secondary N) is 1. The zero-order chi connectivity index (χ0) is 19.4. The molecule has 1 N–H and O–H groups in total. The number of rotatable bonds is 5. The zero-order valence-electron chi connectivity index (χ0n) is 14.9. The van der Waals surface area contributed by atoms with Crippen LogP contribution in [0.25, 0.3) is 0 Å². The molecule has 9 heteroatoms. The first-order valence-corrected chi connectivity index (χ1v) is 10.5. The van der Waals surface area contributed by atoms with Gasteiger partial charge in [0.15, 0.2) is 11.5 Å². The van der Waals surface area contributed by atoms with Gasteiger partial charge in [-0.25, -0.2) is 23.1 Å². The van der Waals surface area contributed by atoms with Gasteiger partial charge in [0.1, 0.15) is 6.07 Å². The molecule has 2 heterocycles. The van der Waals surface area contributed by atoms with Crippen LogP contribution in [0.15, 0.2) is 35.5 Å². The molecule has 1 aromatic heterocycles. The van der Waals surface area contributed by atoms with E-state index in [1.165, 1.54) is 6.20 Å². The van der Waals surface area contributed by atoms with Crippen LogP contribution in [0.3, 0.4) is 0 Å². The SMILES string of the molecule is Cc1c(Cl)cccc1S(=O)(=O)NCC1CCN(c2nccnc2C#N)CC1. The molecule has 2 aromatic rings. The number of nitrogens with zero attached hydrogens (tertiary/aromatic N) is 4. The van der Waals surface area contributed by atoms with Gasteiger partial charge in [-0.05, 0) is 43.4 Å². The summed E-state index contributed by atoms with van der Waals surface area (Å²) in [6.07, 6.45) is 4.68. The summed E-state index contributed by atoms with van der Waals surface area (Å²) in [6.45, 7) is 3.47. The van der Waals surface area contributed by atoms with Crippen LogP contribution in [0.4, 0.5) is 5.82 Å². The molecular formula is C18H20ClN5O2S. The first kappa shape index (κ1) is 19.5. The largest absolute Gasteiger partial charge is 0.354 e. The standard InChI is InChI=1S/C18H20ClN5O2S/c1-13-15(19)3-2-4-17(13)27(25,26)23-12-14-5-9-24(10-6-14)18-16(11-20)21-7-8-22-18/h2-4,7-8,14,23H,5-6,9-10,12H2,1H3. The highest BCUT2D eigenvalue weighted by Gasteiger charge is 2.25. The maximum atomic E-state index is 12.6. The Morgan fingerprint density at radius 2 is 2.00 bits per heavy atom. The molecule has 0 amide bonds. The number of nitriles is 1. The highest BCUT2D eigenvalue weighted by atomic mass is 35.5.